The van der Waals surface area contributed by atoms with Gasteiger partial charge in [-0.2, -0.15) is 4.21 Å². The Kier molecular flexibility index (Phi) is 3.42. The molecule has 0 aliphatic heterocycles. The van der Waals surface area contributed by atoms with Crippen LogP contribution in [-0.4, -0.2) is 8.76 Å². The minimum atomic E-state index is -2.24. The SMILES string of the molecule is Cc1ccccc1C(C)(C)OS(=O)O. The van der Waals surface area contributed by atoms with Crippen LogP contribution >= 0.6 is 0 Å². The molecule has 0 heterocycles. The van der Waals surface area contributed by atoms with Crippen LogP contribution in [0.3, 0.4) is 0 Å². The molecule has 0 bridgehead atoms. The lowest BCUT2D eigenvalue weighted by Gasteiger charge is -2.24. The summed E-state index contributed by atoms with van der Waals surface area (Å²) in [6.07, 6.45) is 0. The summed E-state index contributed by atoms with van der Waals surface area (Å²) in [4.78, 5) is 0. The number of hydrogen-bond acceptors (Lipinski definition) is 2. The molecule has 1 aromatic carbocycles. The van der Waals surface area contributed by atoms with Crippen LogP contribution < -0.4 is 0 Å². The maximum Gasteiger partial charge on any atom is 0.302 e. The van der Waals surface area contributed by atoms with Crippen LogP contribution in [-0.2, 0) is 21.1 Å². The highest BCUT2D eigenvalue weighted by Gasteiger charge is 2.25. The molecule has 4 heteroatoms. The van der Waals surface area contributed by atoms with Crippen molar-refractivity contribution in [2.24, 2.45) is 0 Å². The van der Waals surface area contributed by atoms with E-state index in [0.717, 1.165) is 11.1 Å². The standard InChI is InChI=1S/C10H14O3S/c1-8-6-4-5-7-9(8)10(2,3)13-14(11)12/h4-7H,1-3H3,(H,11,12). The fourth-order valence-electron chi connectivity index (χ4n) is 1.47. The highest BCUT2D eigenvalue weighted by Crippen LogP contribution is 2.27. The van der Waals surface area contributed by atoms with E-state index < -0.39 is 17.0 Å². The second-order valence-corrected chi connectivity index (χ2v) is 4.23. The van der Waals surface area contributed by atoms with E-state index in [1.165, 1.54) is 0 Å². The van der Waals surface area contributed by atoms with E-state index in [2.05, 4.69) is 0 Å². The van der Waals surface area contributed by atoms with Crippen LogP contribution in [0.1, 0.15) is 25.0 Å². The zero-order valence-electron chi connectivity index (χ0n) is 8.48. The summed E-state index contributed by atoms with van der Waals surface area (Å²) in [5.41, 5.74) is 1.22. The highest BCUT2D eigenvalue weighted by atomic mass is 32.2. The number of hydrogen-bond donors (Lipinski definition) is 1. The molecule has 0 aliphatic carbocycles. The predicted molar refractivity (Wildman–Crippen MR) is 56.1 cm³/mol. The molecule has 0 aromatic heterocycles. The molecule has 0 fully saturated rings. The van der Waals surface area contributed by atoms with Crippen LogP contribution in [0.5, 0.6) is 0 Å². The van der Waals surface area contributed by atoms with Crippen molar-refractivity contribution in [3.05, 3.63) is 35.4 Å². The quantitative estimate of drug-likeness (QED) is 0.786. The highest BCUT2D eigenvalue weighted by molar-refractivity contribution is 7.74. The molecule has 1 N–H and O–H groups in total. The van der Waals surface area contributed by atoms with Gasteiger partial charge in [0.15, 0.2) is 0 Å². The van der Waals surface area contributed by atoms with Gasteiger partial charge in [0.25, 0.3) is 0 Å². The van der Waals surface area contributed by atoms with Crippen molar-refractivity contribution in [2.75, 3.05) is 0 Å². The maximum absolute atomic E-state index is 10.6. The summed E-state index contributed by atoms with van der Waals surface area (Å²) in [5.74, 6) is 0. The summed E-state index contributed by atoms with van der Waals surface area (Å²) in [5, 5.41) is 0. The summed E-state index contributed by atoms with van der Waals surface area (Å²) < 4.78 is 24.2. The smallest absolute Gasteiger partial charge is 0.284 e. The van der Waals surface area contributed by atoms with Gasteiger partial charge in [-0.1, -0.05) is 24.3 Å². The third kappa shape index (κ3) is 2.64. The average Bonchev–Trinajstić information content (AvgIpc) is 2.02. The molecule has 1 rings (SSSR count). The van der Waals surface area contributed by atoms with Gasteiger partial charge in [-0.3, -0.25) is 8.74 Å². The van der Waals surface area contributed by atoms with Gasteiger partial charge in [-0.05, 0) is 31.9 Å². The summed E-state index contributed by atoms with van der Waals surface area (Å²) in [6, 6.07) is 7.64. The largest absolute Gasteiger partial charge is 0.302 e. The lowest BCUT2D eigenvalue weighted by atomic mass is 9.94. The van der Waals surface area contributed by atoms with E-state index in [4.69, 9.17) is 8.74 Å². The number of aryl methyl sites for hydroxylation is 1. The van der Waals surface area contributed by atoms with Gasteiger partial charge in [0, 0.05) is 0 Å². The fraction of sp³-hybridized carbons (Fsp3) is 0.400. The molecular weight excluding hydrogens is 200 g/mol. The molecule has 0 amide bonds. The van der Waals surface area contributed by atoms with Gasteiger partial charge in [0.05, 0.1) is 0 Å². The molecule has 0 spiro atoms. The minimum absolute atomic E-state index is 0.745. The van der Waals surface area contributed by atoms with Gasteiger partial charge in [-0.15, -0.1) is 0 Å². The maximum atomic E-state index is 10.6. The van der Waals surface area contributed by atoms with E-state index in [1.807, 2.05) is 31.2 Å². The van der Waals surface area contributed by atoms with Gasteiger partial charge >= 0.3 is 11.4 Å². The molecule has 14 heavy (non-hydrogen) atoms. The third-order valence-electron chi connectivity index (χ3n) is 2.07. The molecule has 3 nitrogen and oxygen atoms in total. The number of benzene rings is 1. The Morgan fingerprint density at radius 3 is 2.43 bits per heavy atom. The van der Waals surface area contributed by atoms with Crippen LogP contribution in [0.2, 0.25) is 0 Å². The minimum Gasteiger partial charge on any atom is -0.284 e. The fourth-order valence-corrected chi connectivity index (χ4v) is 1.92. The molecule has 1 aromatic rings. The number of rotatable bonds is 3. The predicted octanol–water partition coefficient (Wildman–Crippen LogP) is 2.38. The summed E-state index contributed by atoms with van der Waals surface area (Å²) in [6.45, 7) is 5.48. The van der Waals surface area contributed by atoms with Crippen molar-refractivity contribution < 1.29 is 12.9 Å². The Balaban J connectivity index is 3.03. The monoisotopic (exact) mass is 214 g/mol. The van der Waals surface area contributed by atoms with Crippen molar-refractivity contribution in [1.29, 1.82) is 0 Å². The Morgan fingerprint density at radius 1 is 1.36 bits per heavy atom. The summed E-state index contributed by atoms with van der Waals surface area (Å²) >= 11 is -2.24. The van der Waals surface area contributed by atoms with E-state index in [0.29, 0.717) is 0 Å². The van der Waals surface area contributed by atoms with E-state index in [1.54, 1.807) is 13.8 Å². The molecular formula is C10H14O3S. The topological polar surface area (TPSA) is 46.5 Å². The van der Waals surface area contributed by atoms with Crippen molar-refractivity contribution in [2.45, 2.75) is 26.4 Å². The second-order valence-electron chi connectivity index (χ2n) is 3.63. The van der Waals surface area contributed by atoms with Crippen LogP contribution in [0.4, 0.5) is 0 Å². The van der Waals surface area contributed by atoms with Crippen molar-refractivity contribution in [3.63, 3.8) is 0 Å². The lowest BCUT2D eigenvalue weighted by molar-refractivity contribution is 0.113. The molecule has 0 saturated carbocycles. The Hall–Kier alpha value is -0.710. The van der Waals surface area contributed by atoms with Crippen LogP contribution in [0.25, 0.3) is 0 Å². The Morgan fingerprint density at radius 2 is 1.93 bits per heavy atom. The van der Waals surface area contributed by atoms with Gasteiger partial charge in [-0.25, -0.2) is 0 Å². The molecule has 0 aliphatic rings. The Labute approximate surface area is 86.6 Å². The molecule has 0 radical (unpaired) electrons. The third-order valence-corrected chi connectivity index (χ3v) is 2.63. The average molecular weight is 214 g/mol. The van der Waals surface area contributed by atoms with E-state index in [-0.39, 0.29) is 0 Å². The first kappa shape index (κ1) is 11.4. The first-order valence-corrected chi connectivity index (χ1v) is 5.33. The normalized spacial score (nSPS) is 14.0. The molecule has 78 valence electrons. The summed E-state index contributed by atoms with van der Waals surface area (Å²) in [7, 11) is 0. The second kappa shape index (κ2) is 4.21. The van der Waals surface area contributed by atoms with Crippen LogP contribution in [0, 0.1) is 6.92 Å². The Bertz CT molecular complexity index is 347. The van der Waals surface area contributed by atoms with Crippen molar-refractivity contribution in [1.82, 2.24) is 0 Å². The van der Waals surface area contributed by atoms with E-state index >= 15 is 0 Å². The zero-order chi connectivity index (χ0) is 10.8. The first-order valence-electron chi connectivity index (χ1n) is 4.30. The van der Waals surface area contributed by atoms with Crippen LogP contribution in [0.15, 0.2) is 24.3 Å². The van der Waals surface area contributed by atoms with Gasteiger partial charge in [0.1, 0.15) is 5.60 Å². The van der Waals surface area contributed by atoms with Crippen molar-refractivity contribution >= 4 is 11.4 Å². The molecule has 0 saturated heterocycles. The van der Waals surface area contributed by atoms with Gasteiger partial charge < -0.3 is 0 Å². The lowest BCUT2D eigenvalue weighted by Crippen LogP contribution is -2.23. The van der Waals surface area contributed by atoms with Crippen molar-refractivity contribution in [3.8, 4) is 0 Å². The zero-order valence-corrected chi connectivity index (χ0v) is 9.30. The van der Waals surface area contributed by atoms with E-state index in [9.17, 15) is 4.21 Å². The molecule has 1 atom stereocenters. The first-order chi connectivity index (χ1) is 6.43. The van der Waals surface area contributed by atoms with Gasteiger partial charge in [0.2, 0.25) is 0 Å². The molecule has 1 unspecified atom stereocenters.